The van der Waals surface area contributed by atoms with E-state index in [2.05, 4.69) is 5.32 Å². The Balaban J connectivity index is 1.97. The SMILES string of the molecule is CC(C)N(C(=O)CN)[C@@H]1CCCC[C@@H]1NC(=O)OCc1ccccc1. The van der Waals surface area contributed by atoms with Crippen LogP contribution in [0.3, 0.4) is 0 Å². The number of carbonyl (C=O) groups excluding carboxylic acids is 2. The van der Waals surface area contributed by atoms with Gasteiger partial charge in [-0.2, -0.15) is 0 Å². The van der Waals surface area contributed by atoms with Crippen molar-refractivity contribution >= 4 is 12.0 Å². The van der Waals surface area contributed by atoms with Crippen molar-refractivity contribution in [3.63, 3.8) is 0 Å². The summed E-state index contributed by atoms with van der Waals surface area (Å²) in [7, 11) is 0. The van der Waals surface area contributed by atoms with Crippen molar-refractivity contribution in [2.75, 3.05) is 6.54 Å². The number of nitrogens with one attached hydrogen (secondary N) is 1. The second kappa shape index (κ2) is 9.42. The fourth-order valence-corrected chi connectivity index (χ4v) is 3.49. The fraction of sp³-hybridized carbons (Fsp3) is 0.579. The Hall–Kier alpha value is -2.08. The summed E-state index contributed by atoms with van der Waals surface area (Å²) in [6, 6.07) is 9.48. The zero-order valence-corrected chi connectivity index (χ0v) is 15.1. The van der Waals surface area contributed by atoms with E-state index in [0.717, 1.165) is 31.2 Å². The Morgan fingerprint density at radius 3 is 2.56 bits per heavy atom. The van der Waals surface area contributed by atoms with E-state index < -0.39 is 6.09 Å². The third kappa shape index (κ3) is 5.46. The summed E-state index contributed by atoms with van der Waals surface area (Å²) in [5, 5.41) is 2.96. The Bertz CT molecular complexity index is 562. The molecule has 0 aromatic heterocycles. The lowest BCUT2D eigenvalue weighted by Gasteiger charge is -2.42. The molecule has 3 N–H and O–H groups in total. The molecule has 0 unspecified atom stereocenters. The van der Waals surface area contributed by atoms with Gasteiger partial charge in [0, 0.05) is 6.04 Å². The van der Waals surface area contributed by atoms with Gasteiger partial charge in [-0.1, -0.05) is 43.2 Å². The summed E-state index contributed by atoms with van der Waals surface area (Å²) in [6.07, 6.45) is 3.34. The topological polar surface area (TPSA) is 84.7 Å². The molecule has 1 aliphatic rings. The second-order valence-electron chi connectivity index (χ2n) is 6.76. The average Bonchev–Trinajstić information content (AvgIpc) is 2.62. The largest absolute Gasteiger partial charge is 0.445 e. The molecule has 138 valence electrons. The van der Waals surface area contributed by atoms with Crippen molar-refractivity contribution in [1.82, 2.24) is 10.2 Å². The van der Waals surface area contributed by atoms with E-state index in [-0.39, 0.29) is 37.2 Å². The highest BCUT2D eigenvalue weighted by atomic mass is 16.5. The van der Waals surface area contributed by atoms with Crippen molar-refractivity contribution < 1.29 is 14.3 Å². The van der Waals surface area contributed by atoms with E-state index >= 15 is 0 Å². The van der Waals surface area contributed by atoms with Crippen LogP contribution < -0.4 is 11.1 Å². The monoisotopic (exact) mass is 347 g/mol. The number of amides is 2. The molecule has 2 atom stereocenters. The standard InChI is InChI=1S/C19H29N3O3/c1-14(2)22(18(23)12-20)17-11-7-6-10-16(17)21-19(24)25-13-15-8-4-3-5-9-15/h3-5,8-9,14,16-17H,6-7,10-13,20H2,1-2H3,(H,21,24)/t16-,17+/m0/s1. The first kappa shape index (κ1) is 19.2. The van der Waals surface area contributed by atoms with E-state index in [4.69, 9.17) is 10.5 Å². The van der Waals surface area contributed by atoms with Gasteiger partial charge in [-0.25, -0.2) is 4.79 Å². The predicted molar refractivity (Wildman–Crippen MR) is 96.8 cm³/mol. The molecular weight excluding hydrogens is 318 g/mol. The van der Waals surface area contributed by atoms with Gasteiger partial charge in [0.15, 0.2) is 0 Å². The van der Waals surface area contributed by atoms with Crippen LogP contribution in [0.2, 0.25) is 0 Å². The van der Waals surface area contributed by atoms with Crippen molar-refractivity contribution in [2.45, 2.75) is 64.3 Å². The molecule has 2 amide bonds. The molecule has 1 saturated carbocycles. The van der Waals surface area contributed by atoms with Crippen LogP contribution in [0.4, 0.5) is 4.79 Å². The molecule has 1 fully saturated rings. The van der Waals surface area contributed by atoms with Gasteiger partial charge in [-0.05, 0) is 32.3 Å². The van der Waals surface area contributed by atoms with Gasteiger partial charge in [0.2, 0.25) is 5.91 Å². The highest BCUT2D eigenvalue weighted by Crippen LogP contribution is 2.25. The average molecular weight is 347 g/mol. The summed E-state index contributed by atoms with van der Waals surface area (Å²) < 4.78 is 5.33. The van der Waals surface area contributed by atoms with Crippen LogP contribution >= 0.6 is 0 Å². The molecule has 0 radical (unpaired) electrons. The number of nitrogens with two attached hydrogens (primary N) is 1. The molecule has 6 heteroatoms. The first-order valence-electron chi connectivity index (χ1n) is 9.01. The smallest absolute Gasteiger partial charge is 0.407 e. The number of ether oxygens (including phenoxy) is 1. The Morgan fingerprint density at radius 1 is 1.24 bits per heavy atom. The van der Waals surface area contributed by atoms with Crippen LogP contribution in [0.1, 0.15) is 45.1 Å². The predicted octanol–water partition coefficient (Wildman–Crippen LogP) is 2.42. The molecule has 0 heterocycles. The van der Waals surface area contributed by atoms with Crippen LogP contribution in [0, 0.1) is 0 Å². The number of nitrogens with zero attached hydrogens (tertiary/aromatic N) is 1. The number of alkyl carbamates (subject to hydrolysis) is 1. The summed E-state index contributed by atoms with van der Waals surface area (Å²) in [4.78, 5) is 26.3. The maximum Gasteiger partial charge on any atom is 0.407 e. The molecule has 1 aromatic carbocycles. The molecule has 25 heavy (non-hydrogen) atoms. The number of carbonyl (C=O) groups is 2. The zero-order chi connectivity index (χ0) is 18.2. The third-order valence-electron chi connectivity index (χ3n) is 4.62. The van der Waals surface area contributed by atoms with Crippen molar-refractivity contribution in [1.29, 1.82) is 0 Å². The van der Waals surface area contributed by atoms with E-state index in [1.54, 1.807) is 0 Å². The minimum atomic E-state index is -0.440. The summed E-state index contributed by atoms with van der Waals surface area (Å²) >= 11 is 0. The zero-order valence-electron chi connectivity index (χ0n) is 15.1. The Kier molecular flexibility index (Phi) is 7.25. The van der Waals surface area contributed by atoms with Crippen molar-refractivity contribution in [3.8, 4) is 0 Å². The minimum absolute atomic E-state index is 0.0140. The van der Waals surface area contributed by atoms with Crippen molar-refractivity contribution in [3.05, 3.63) is 35.9 Å². The molecule has 6 nitrogen and oxygen atoms in total. The molecule has 1 aromatic rings. The van der Waals surface area contributed by atoms with Gasteiger partial charge >= 0.3 is 6.09 Å². The number of hydrogen-bond acceptors (Lipinski definition) is 4. The number of benzene rings is 1. The van der Waals surface area contributed by atoms with Gasteiger partial charge in [0.1, 0.15) is 6.61 Å². The second-order valence-corrected chi connectivity index (χ2v) is 6.76. The summed E-state index contributed by atoms with van der Waals surface area (Å²) in [5.74, 6) is -0.0775. The van der Waals surface area contributed by atoms with Gasteiger partial charge in [0.25, 0.3) is 0 Å². The lowest BCUT2D eigenvalue weighted by atomic mass is 9.88. The highest BCUT2D eigenvalue weighted by Gasteiger charge is 2.35. The van der Waals surface area contributed by atoms with Crippen LogP contribution in [-0.2, 0) is 16.1 Å². The maximum absolute atomic E-state index is 12.3. The number of rotatable bonds is 6. The molecular formula is C19H29N3O3. The molecule has 0 spiro atoms. The lowest BCUT2D eigenvalue weighted by Crippen LogP contribution is -2.58. The van der Waals surface area contributed by atoms with E-state index in [1.807, 2.05) is 49.1 Å². The van der Waals surface area contributed by atoms with Crippen LogP contribution in [0.5, 0.6) is 0 Å². The van der Waals surface area contributed by atoms with E-state index in [9.17, 15) is 9.59 Å². The molecule has 0 aliphatic heterocycles. The summed E-state index contributed by atoms with van der Waals surface area (Å²) in [6.45, 7) is 4.18. The molecule has 0 saturated heterocycles. The van der Waals surface area contributed by atoms with Crippen LogP contribution in [0.25, 0.3) is 0 Å². The van der Waals surface area contributed by atoms with Gasteiger partial charge < -0.3 is 20.7 Å². The summed E-state index contributed by atoms with van der Waals surface area (Å²) in [5.41, 5.74) is 6.52. The van der Waals surface area contributed by atoms with Gasteiger partial charge in [0.05, 0.1) is 18.6 Å². The van der Waals surface area contributed by atoms with Crippen LogP contribution in [0.15, 0.2) is 30.3 Å². The van der Waals surface area contributed by atoms with Crippen molar-refractivity contribution in [2.24, 2.45) is 5.73 Å². The first-order valence-corrected chi connectivity index (χ1v) is 9.01. The van der Waals surface area contributed by atoms with E-state index in [1.165, 1.54) is 0 Å². The fourth-order valence-electron chi connectivity index (χ4n) is 3.49. The quantitative estimate of drug-likeness (QED) is 0.828. The highest BCUT2D eigenvalue weighted by molar-refractivity contribution is 5.79. The molecule has 0 bridgehead atoms. The molecule has 2 rings (SSSR count). The number of hydrogen-bond donors (Lipinski definition) is 2. The van der Waals surface area contributed by atoms with Crippen LogP contribution in [-0.4, -0.2) is 41.6 Å². The normalized spacial score (nSPS) is 20.2. The van der Waals surface area contributed by atoms with E-state index in [0.29, 0.717) is 0 Å². The Labute approximate surface area is 149 Å². The maximum atomic E-state index is 12.3. The van der Waals surface area contributed by atoms with Gasteiger partial charge in [-0.15, -0.1) is 0 Å². The third-order valence-corrected chi connectivity index (χ3v) is 4.62. The lowest BCUT2D eigenvalue weighted by molar-refractivity contribution is -0.135. The van der Waals surface area contributed by atoms with Gasteiger partial charge in [-0.3, -0.25) is 4.79 Å². The Morgan fingerprint density at radius 2 is 1.92 bits per heavy atom. The first-order chi connectivity index (χ1) is 12.0. The molecule has 1 aliphatic carbocycles. The minimum Gasteiger partial charge on any atom is -0.445 e.